The van der Waals surface area contributed by atoms with Gasteiger partial charge in [0.1, 0.15) is 0 Å². The molecular formula is C15H20Cl2O. The van der Waals surface area contributed by atoms with E-state index in [2.05, 4.69) is 0 Å². The highest BCUT2D eigenvalue weighted by atomic mass is 35.5. The first kappa shape index (κ1) is 14.2. The lowest BCUT2D eigenvalue weighted by Crippen LogP contribution is -2.53. The van der Waals surface area contributed by atoms with Gasteiger partial charge in [-0.25, -0.2) is 0 Å². The van der Waals surface area contributed by atoms with Crippen molar-refractivity contribution in [1.29, 1.82) is 0 Å². The van der Waals surface area contributed by atoms with Crippen molar-refractivity contribution >= 4 is 23.2 Å². The van der Waals surface area contributed by atoms with E-state index in [9.17, 15) is 5.11 Å². The van der Waals surface area contributed by atoms with Crippen molar-refractivity contribution in [2.75, 3.05) is 0 Å². The Balaban J connectivity index is 2.36. The summed E-state index contributed by atoms with van der Waals surface area (Å²) in [7, 11) is 0. The van der Waals surface area contributed by atoms with Crippen molar-refractivity contribution in [2.24, 2.45) is 5.41 Å². The number of benzene rings is 1. The second-order valence-electron chi connectivity index (χ2n) is 6.34. The molecule has 18 heavy (non-hydrogen) atoms. The molecule has 1 atom stereocenters. The van der Waals surface area contributed by atoms with Crippen LogP contribution in [0.5, 0.6) is 0 Å². The Morgan fingerprint density at radius 1 is 1.22 bits per heavy atom. The van der Waals surface area contributed by atoms with E-state index in [0.29, 0.717) is 11.4 Å². The second-order valence-corrected chi connectivity index (χ2v) is 7.47. The van der Waals surface area contributed by atoms with E-state index in [-0.39, 0.29) is 5.41 Å². The Morgan fingerprint density at radius 3 is 2.22 bits per heavy atom. The van der Waals surface area contributed by atoms with Gasteiger partial charge in [0.15, 0.2) is 0 Å². The van der Waals surface area contributed by atoms with Crippen LogP contribution < -0.4 is 0 Å². The molecule has 1 nitrogen and oxygen atoms in total. The van der Waals surface area contributed by atoms with Crippen LogP contribution in [-0.4, -0.2) is 15.6 Å². The summed E-state index contributed by atoms with van der Waals surface area (Å²) < 4.78 is 0. The molecule has 1 aliphatic carbocycles. The molecule has 0 aromatic heterocycles. The summed E-state index contributed by atoms with van der Waals surface area (Å²) in [5.41, 5.74) is -0.264. The molecule has 1 fully saturated rings. The molecule has 1 aromatic rings. The van der Waals surface area contributed by atoms with Gasteiger partial charge in [0.25, 0.3) is 0 Å². The Morgan fingerprint density at radius 2 is 1.78 bits per heavy atom. The monoisotopic (exact) mass is 286 g/mol. The smallest absolute Gasteiger partial charge is 0.0927 e. The second kappa shape index (κ2) is 4.40. The van der Waals surface area contributed by atoms with Crippen molar-refractivity contribution in [3.05, 3.63) is 34.9 Å². The average molecular weight is 287 g/mol. The van der Waals surface area contributed by atoms with Gasteiger partial charge in [-0.05, 0) is 29.9 Å². The summed E-state index contributed by atoms with van der Waals surface area (Å²) in [6.45, 7) is 6.10. The molecule has 0 saturated heterocycles. The number of rotatable bonds is 3. The van der Waals surface area contributed by atoms with Crippen molar-refractivity contribution < 1.29 is 5.11 Å². The van der Waals surface area contributed by atoms with Gasteiger partial charge in [-0.15, -0.1) is 11.6 Å². The molecule has 3 heteroatoms. The van der Waals surface area contributed by atoms with E-state index in [4.69, 9.17) is 23.2 Å². The van der Waals surface area contributed by atoms with E-state index in [0.717, 1.165) is 18.4 Å². The third-order valence-electron chi connectivity index (χ3n) is 4.08. The third-order valence-corrected chi connectivity index (χ3v) is 5.13. The predicted molar refractivity (Wildman–Crippen MR) is 77.4 cm³/mol. The maximum atomic E-state index is 11.1. The van der Waals surface area contributed by atoms with E-state index in [1.165, 1.54) is 0 Å². The summed E-state index contributed by atoms with van der Waals surface area (Å²) in [6.07, 6.45) is 2.24. The zero-order chi connectivity index (χ0) is 13.6. The summed E-state index contributed by atoms with van der Waals surface area (Å²) in [5, 5.41) is 11.8. The summed E-state index contributed by atoms with van der Waals surface area (Å²) in [6, 6.07) is 7.66. The fourth-order valence-electron chi connectivity index (χ4n) is 2.54. The quantitative estimate of drug-likeness (QED) is 0.815. The Hall–Kier alpha value is -0.240. The molecular weight excluding hydrogens is 267 g/mol. The molecule has 0 spiro atoms. The van der Waals surface area contributed by atoms with Gasteiger partial charge in [0.05, 0.1) is 10.5 Å². The Labute approximate surface area is 119 Å². The van der Waals surface area contributed by atoms with Crippen LogP contribution in [0.25, 0.3) is 0 Å². The molecule has 0 heterocycles. The van der Waals surface area contributed by atoms with Gasteiger partial charge in [-0.3, -0.25) is 0 Å². The zero-order valence-electron chi connectivity index (χ0n) is 11.1. The van der Waals surface area contributed by atoms with Gasteiger partial charge >= 0.3 is 0 Å². The van der Waals surface area contributed by atoms with E-state index >= 15 is 0 Å². The lowest BCUT2D eigenvalue weighted by molar-refractivity contribution is -0.0673. The van der Waals surface area contributed by atoms with Crippen LogP contribution in [0.1, 0.15) is 39.2 Å². The predicted octanol–water partition coefficient (Wildman–Crippen LogP) is 4.43. The van der Waals surface area contributed by atoms with Gasteiger partial charge < -0.3 is 5.11 Å². The van der Waals surface area contributed by atoms with Crippen molar-refractivity contribution in [2.45, 2.75) is 50.5 Å². The largest absolute Gasteiger partial charge is 0.387 e. The van der Waals surface area contributed by atoms with Gasteiger partial charge in [0, 0.05) is 11.4 Å². The maximum Gasteiger partial charge on any atom is 0.0927 e. The minimum absolute atomic E-state index is 0.287. The summed E-state index contributed by atoms with van der Waals surface area (Å²) in [5.74, 6) is 0. The van der Waals surface area contributed by atoms with Crippen LogP contribution in [-0.2, 0) is 6.42 Å². The Bertz CT molecular complexity index is 439. The van der Waals surface area contributed by atoms with Crippen LogP contribution in [0, 0.1) is 5.41 Å². The molecule has 1 aromatic carbocycles. The average Bonchev–Trinajstić information content (AvgIpc) is 3.00. The van der Waals surface area contributed by atoms with Crippen LogP contribution in [0.15, 0.2) is 24.3 Å². The highest BCUT2D eigenvalue weighted by Gasteiger charge is 2.62. The van der Waals surface area contributed by atoms with E-state index in [1.54, 1.807) is 0 Å². The highest BCUT2D eigenvalue weighted by molar-refractivity contribution is 6.31. The SMILES string of the molecule is CC(C)(C)[C@](O)(Cc1ccccc1Cl)C1(Cl)CC1. The van der Waals surface area contributed by atoms with Gasteiger partial charge in [-0.2, -0.15) is 0 Å². The first-order valence-electron chi connectivity index (χ1n) is 6.34. The Kier molecular flexibility index (Phi) is 3.46. The van der Waals surface area contributed by atoms with Crippen LogP contribution in [0.2, 0.25) is 5.02 Å². The minimum Gasteiger partial charge on any atom is -0.387 e. The fraction of sp³-hybridized carbons (Fsp3) is 0.600. The lowest BCUT2D eigenvalue weighted by Gasteiger charge is -2.44. The topological polar surface area (TPSA) is 20.2 Å². The van der Waals surface area contributed by atoms with E-state index in [1.807, 2.05) is 45.0 Å². The lowest BCUT2D eigenvalue weighted by atomic mass is 9.69. The molecule has 1 N–H and O–H groups in total. The summed E-state index contributed by atoms with van der Waals surface area (Å²) >= 11 is 12.7. The van der Waals surface area contributed by atoms with Gasteiger partial charge in [-0.1, -0.05) is 50.6 Å². The molecule has 1 aliphatic rings. The molecule has 1 saturated carbocycles. The number of halogens is 2. The molecule has 0 amide bonds. The van der Waals surface area contributed by atoms with Crippen LogP contribution in [0.4, 0.5) is 0 Å². The maximum absolute atomic E-state index is 11.1. The molecule has 0 aliphatic heterocycles. The zero-order valence-corrected chi connectivity index (χ0v) is 12.6. The highest BCUT2D eigenvalue weighted by Crippen LogP contribution is 2.58. The van der Waals surface area contributed by atoms with Crippen molar-refractivity contribution in [1.82, 2.24) is 0 Å². The van der Waals surface area contributed by atoms with E-state index < -0.39 is 10.5 Å². The van der Waals surface area contributed by atoms with Crippen LogP contribution >= 0.6 is 23.2 Å². The van der Waals surface area contributed by atoms with Crippen molar-refractivity contribution in [3.63, 3.8) is 0 Å². The molecule has 0 unspecified atom stereocenters. The number of hydrogen-bond acceptors (Lipinski definition) is 1. The molecule has 2 rings (SSSR count). The fourth-order valence-corrected chi connectivity index (χ4v) is 3.18. The third kappa shape index (κ3) is 2.29. The summed E-state index contributed by atoms with van der Waals surface area (Å²) in [4.78, 5) is -0.496. The number of alkyl halides is 1. The van der Waals surface area contributed by atoms with Gasteiger partial charge in [0.2, 0.25) is 0 Å². The molecule has 100 valence electrons. The number of aliphatic hydroxyl groups is 1. The standard InChI is InChI=1S/C15H20Cl2O/c1-13(2,3)15(18,14(17)8-9-14)10-11-6-4-5-7-12(11)16/h4-7,18H,8-10H2,1-3H3/t15-/m1/s1. The first-order valence-corrected chi connectivity index (χ1v) is 7.10. The molecule has 0 bridgehead atoms. The van der Waals surface area contributed by atoms with Crippen LogP contribution in [0.3, 0.4) is 0 Å². The molecule has 0 radical (unpaired) electrons. The normalized spacial score (nSPS) is 21.4. The first-order chi connectivity index (χ1) is 8.20. The van der Waals surface area contributed by atoms with Crippen molar-refractivity contribution in [3.8, 4) is 0 Å². The number of hydrogen-bond donors (Lipinski definition) is 1. The minimum atomic E-state index is -0.938.